The normalized spacial score (nSPS) is 49.3. The molecule has 4 unspecified atom stereocenters. The van der Waals surface area contributed by atoms with Crippen molar-refractivity contribution < 1.29 is 4.74 Å². The van der Waals surface area contributed by atoms with E-state index in [2.05, 4.69) is 19.2 Å². The topological polar surface area (TPSA) is 21.3 Å². The van der Waals surface area contributed by atoms with Crippen LogP contribution in [0.1, 0.15) is 39.5 Å². The van der Waals surface area contributed by atoms with Crippen LogP contribution in [0.4, 0.5) is 0 Å². The molecule has 1 N–H and O–H groups in total. The third-order valence-corrected chi connectivity index (χ3v) is 4.42. The highest BCUT2D eigenvalue weighted by Gasteiger charge is 2.51. The van der Waals surface area contributed by atoms with Crippen molar-refractivity contribution in [1.29, 1.82) is 0 Å². The molecule has 14 heavy (non-hydrogen) atoms. The second-order valence-corrected chi connectivity index (χ2v) is 5.97. The molecule has 2 saturated carbocycles. The van der Waals surface area contributed by atoms with E-state index in [1.807, 2.05) is 0 Å². The van der Waals surface area contributed by atoms with Crippen LogP contribution in [-0.4, -0.2) is 24.8 Å². The molecule has 0 spiro atoms. The molecule has 2 heteroatoms. The van der Waals surface area contributed by atoms with Gasteiger partial charge in [0.05, 0.1) is 6.10 Å². The van der Waals surface area contributed by atoms with E-state index in [-0.39, 0.29) is 0 Å². The van der Waals surface area contributed by atoms with E-state index in [0.29, 0.717) is 11.5 Å². The molecule has 0 radical (unpaired) electrons. The SMILES string of the molecule is CC1(C)CC1NC1CC2OCCCC12. The lowest BCUT2D eigenvalue weighted by Crippen LogP contribution is -2.57. The first kappa shape index (κ1) is 9.17. The van der Waals surface area contributed by atoms with Crippen LogP contribution in [0.5, 0.6) is 0 Å². The number of nitrogens with one attached hydrogen (secondary N) is 1. The summed E-state index contributed by atoms with van der Waals surface area (Å²) in [5.74, 6) is 0.833. The monoisotopic (exact) mass is 195 g/mol. The first-order valence-electron chi connectivity index (χ1n) is 6.04. The Morgan fingerprint density at radius 1 is 1.36 bits per heavy atom. The van der Waals surface area contributed by atoms with Gasteiger partial charge in [-0.05, 0) is 31.1 Å². The summed E-state index contributed by atoms with van der Waals surface area (Å²) in [7, 11) is 0. The van der Waals surface area contributed by atoms with Gasteiger partial charge in [-0.3, -0.25) is 0 Å². The van der Waals surface area contributed by atoms with Gasteiger partial charge in [-0.2, -0.15) is 0 Å². The summed E-state index contributed by atoms with van der Waals surface area (Å²) in [6.07, 6.45) is 5.88. The minimum atomic E-state index is 0.570. The van der Waals surface area contributed by atoms with Gasteiger partial charge in [0.25, 0.3) is 0 Å². The van der Waals surface area contributed by atoms with Gasteiger partial charge in [-0.25, -0.2) is 0 Å². The average molecular weight is 195 g/mol. The van der Waals surface area contributed by atoms with E-state index in [9.17, 15) is 0 Å². The summed E-state index contributed by atoms with van der Waals surface area (Å²) in [6, 6.07) is 1.56. The number of hydrogen-bond donors (Lipinski definition) is 1. The molecule has 2 aliphatic carbocycles. The molecule has 1 heterocycles. The van der Waals surface area contributed by atoms with Crippen molar-refractivity contribution >= 4 is 0 Å². The zero-order chi connectivity index (χ0) is 9.76. The van der Waals surface area contributed by atoms with E-state index in [4.69, 9.17) is 4.74 Å². The summed E-state index contributed by atoms with van der Waals surface area (Å²) in [4.78, 5) is 0. The zero-order valence-electron chi connectivity index (χ0n) is 9.25. The van der Waals surface area contributed by atoms with Gasteiger partial charge in [0, 0.05) is 24.6 Å². The van der Waals surface area contributed by atoms with Crippen LogP contribution >= 0.6 is 0 Å². The van der Waals surface area contributed by atoms with Crippen molar-refractivity contribution in [1.82, 2.24) is 5.32 Å². The zero-order valence-corrected chi connectivity index (χ0v) is 9.25. The van der Waals surface area contributed by atoms with Crippen LogP contribution in [-0.2, 0) is 4.74 Å². The highest BCUT2D eigenvalue weighted by atomic mass is 16.5. The maximum absolute atomic E-state index is 5.72. The van der Waals surface area contributed by atoms with Crippen molar-refractivity contribution in [3.63, 3.8) is 0 Å². The number of ether oxygens (including phenoxy) is 1. The quantitative estimate of drug-likeness (QED) is 0.727. The molecular formula is C12H21NO. The van der Waals surface area contributed by atoms with Crippen LogP contribution in [0, 0.1) is 11.3 Å². The number of fused-ring (bicyclic) bond motifs is 1. The maximum Gasteiger partial charge on any atom is 0.0633 e. The number of hydrogen-bond acceptors (Lipinski definition) is 2. The Hall–Kier alpha value is -0.0800. The second-order valence-electron chi connectivity index (χ2n) is 5.97. The summed E-state index contributed by atoms with van der Waals surface area (Å²) in [6.45, 7) is 5.72. The average Bonchev–Trinajstić information content (AvgIpc) is 2.70. The fourth-order valence-electron chi connectivity index (χ4n) is 3.00. The van der Waals surface area contributed by atoms with Crippen molar-refractivity contribution in [3.05, 3.63) is 0 Å². The number of rotatable bonds is 2. The molecule has 0 aromatic carbocycles. The molecule has 0 aromatic rings. The van der Waals surface area contributed by atoms with Gasteiger partial charge >= 0.3 is 0 Å². The van der Waals surface area contributed by atoms with Gasteiger partial charge in [0.1, 0.15) is 0 Å². The fourth-order valence-corrected chi connectivity index (χ4v) is 3.00. The summed E-state index contributed by atoms with van der Waals surface area (Å²) >= 11 is 0. The molecule has 80 valence electrons. The van der Waals surface area contributed by atoms with Crippen molar-refractivity contribution in [3.8, 4) is 0 Å². The smallest absolute Gasteiger partial charge is 0.0633 e. The molecule has 4 atom stereocenters. The third-order valence-electron chi connectivity index (χ3n) is 4.42. The molecule has 1 saturated heterocycles. The van der Waals surface area contributed by atoms with E-state index >= 15 is 0 Å². The largest absolute Gasteiger partial charge is 0.378 e. The molecule has 3 fully saturated rings. The summed E-state index contributed by atoms with van der Waals surface area (Å²) < 4.78 is 5.72. The molecule has 0 amide bonds. The lowest BCUT2D eigenvalue weighted by Gasteiger charge is -2.48. The predicted molar refractivity (Wildman–Crippen MR) is 56.2 cm³/mol. The van der Waals surface area contributed by atoms with Crippen LogP contribution in [0.25, 0.3) is 0 Å². The van der Waals surface area contributed by atoms with Gasteiger partial charge in [0.15, 0.2) is 0 Å². The van der Waals surface area contributed by atoms with Crippen LogP contribution < -0.4 is 5.32 Å². The lowest BCUT2D eigenvalue weighted by molar-refractivity contribution is -0.104. The Labute approximate surface area is 86.4 Å². The minimum Gasteiger partial charge on any atom is -0.378 e. The van der Waals surface area contributed by atoms with Crippen molar-refractivity contribution in [2.45, 2.75) is 57.7 Å². The van der Waals surface area contributed by atoms with Crippen molar-refractivity contribution in [2.75, 3.05) is 6.61 Å². The molecule has 0 aromatic heterocycles. The highest BCUT2D eigenvalue weighted by molar-refractivity contribution is 5.07. The first-order chi connectivity index (χ1) is 6.67. The molecule has 3 aliphatic rings. The lowest BCUT2D eigenvalue weighted by atomic mass is 9.72. The molecule has 3 rings (SSSR count). The Balaban J connectivity index is 1.52. The molecule has 2 nitrogen and oxygen atoms in total. The standard InChI is InChI=1S/C12H21NO/c1-12(2)7-11(12)13-9-6-10-8(9)4-3-5-14-10/h8-11,13H,3-7H2,1-2H3. The highest BCUT2D eigenvalue weighted by Crippen LogP contribution is 2.47. The second kappa shape index (κ2) is 2.96. The Morgan fingerprint density at radius 3 is 2.79 bits per heavy atom. The van der Waals surface area contributed by atoms with Crippen LogP contribution in [0.3, 0.4) is 0 Å². The molecule has 0 bridgehead atoms. The Morgan fingerprint density at radius 2 is 2.14 bits per heavy atom. The van der Waals surface area contributed by atoms with Gasteiger partial charge < -0.3 is 10.1 Å². The third kappa shape index (κ3) is 1.40. The van der Waals surface area contributed by atoms with Gasteiger partial charge in [0.2, 0.25) is 0 Å². The summed E-state index contributed by atoms with van der Waals surface area (Å²) in [5.41, 5.74) is 0.570. The van der Waals surface area contributed by atoms with Gasteiger partial charge in [-0.1, -0.05) is 13.8 Å². The Bertz CT molecular complexity index is 238. The van der Waals surface area contributed by atoms with Crippen LogP contribution in [0.2, 0.25) is 0 Å². The fraction of sp³-hybridized carbons (Fsp3) is 1.00. The summed E-state index contributed by atoms with van der Waals surface area (Å²) in [5, 5.41) is 3.80. The van der Waals surface area contributed by atoms with E-state index in [1.54, 1.807) is 0 Å². The van der Waals surface area contributed by atoms with Gasteiger partial charge in [-0.15, -0.1) is 0 Å². The Kier molecular flexibility index (Phi) is 1.94. The van der Waals surface area contributed by atoms with E-state index in [0.717, 1.165) is 24.6 Å². The predicted octanol–water partition coefficient (Wildman–Crippen LogP) is 1.94. The van der Waals surface area contributed by atoms with E-state index < -0.39 is 0 Å². The van der Waals surface area contributed by atoms with Crippen LogP contribution in [0.15, 0.2) is 0 Å². The first-order valence-corrected chi connectivity index (χ1v) is 6.04. The molecular weight excluding hydrogens is 174 g/mol. The maximum atomic E-state index is 5.72. The minimum absolute atomic E-state index is 0.570. The van der Waals surface area contributed by atoms with Crippen molar-refractivity contribution in [2.24, 2.45) is 11.3 Å². The molecule has 1 aliphatic heterocycles. The van der Waals surface area contributed by atoms with E-state index in [1.165, 1.54) is 25.7 Å².